The summed E-state index contributed by atoms with van der Waals surface area (Å²) in [6.07, 6.45) is 10.6. The second-order valence-electron chi connectivity index (χ2n) is 7.76. The molecule has 4 rings (SSSR count). The van der Waals surface area contributed by atoms with Crippen LogP contribution in [-0.2, 0) is 0 Å². The first kappa shape index (κ1) is 20.9. The van der Waals surface area contributed by atoms with Crippen LogP contribution in [0.1, 0.15) is 30.4 Å². The zero-order chi connectivity index (χ0) is 21.5. The fourth-order valence-corrected chi connectivity index (χ4v) is 3.66. The Morgan fingerprint density at radius 1 is 1.16 bits per heavy atom. The summed E-state index contributed by atoms with van der Waals surface area (Å²) in [7, 11) is 0. The molecule has 8 nitrogen and oxygen atoms in total. The van der Waals surface area contributed by atoms with Crippen molar-refractivity contribution in [3.05, 3.63) is 54.0 Å². The molecule has 0 aromatic carbocycles. The van der Waals surface area contributed by atoms with Crippen LogP contribution in [0.4, 0.5) is 11.6 Å². The standard InChI is InChI=1S/C23H28N8/c1-17-11-23(30-27-14-17)29-22-6-5-20-21(28-22)12-18(16-26-20)19(13-24)15-25-7-4-10-31-8-2-3-9-31/h5-6,11-16H,2-4,7-10,24H2,1H3,(H,28,29,30). The number of likely N-dealkylation sites (tertiary alicyclic amines) is 1. The van der Waals surface area contributed by atoms with Gasteiger partial charge in [-0.2, -0.15) is 5.10 Å². The maximum Gasteiger partial charge on any atom is 0.154 e. The van der Waals surface area contributed by atoms with Crippen LogP contribution in [0.2, 0.25) is 0 Å². The minimum absolute atomic E-state index is 0.652. The van der Waals surface area contributed by atoms with Gasteiger partial charge in [0.2, 0.25) is 0 Å². The van der Waals surface area contributed by atoms with Crippen LogP contribution < -0.4 is 11.1 Å². The molecule has 0 unspecified atom stereocenters. The largest absolute Gasteiger partial charge is 0.404 e. The lowest BCUT2D eigenvalue weighted by molar-refractivity contribution is 0.336. The molecule has 3 N–H and O–H groups in total. The Kier molecular flexibility index (Phi) is 6.78. The summed E-state index contributed by atoms with van der Waals surface area (Å²) in [6.45, 7) is 6.32. The average Bonchev–Trinajstić information content (AvgIpc) is 3.29. The molecule has 1 saturated heterocycles. The van der Waals surface area contributed by atoms with Gasteiger partial charge in [0.15, 0.2) is 5.82 Å². The van der Waals surface area contributed by atoms with Crippen molar-refractivity contribution in [2.75, 3.05) is 31.5 Å². The smallest absolute Gasteiger partial charge is 0.154 e. The minimum Gasteiger partial charge on any atom is -0.404 e. The van der Waals surface area contributed by atoms with Crippen LogP contribution in [0.25, 0.3) is 16.6 Å². The summed E-state index contributed by atoms with van der Waals surface area (Å²) in [4.78, 5) is 16.3. The first-order valence-corrected chi connectivity index (χ1v) is 10.7. The molecule has 160 valence electrons. The van der Waals surface area contributed by atoms with Crippen molar-refractivity contribution in [1.82, 2.24) is 25.1 Å². The van der Waals surface area contributed by atoms with E-state index in [4.69, 9.17) is 5.73 Å². The highest BCUT2D eigenvalue weighted by atomic mass is 15.2. The highest BCUT2D eigenvalue weighted by Crippen LogP contribution is 2.20. The van der Waals surface area contributed by atoms with E-state index >= 15 is 0 Å². The number of nitrogens with zero attached hydrogens (tertiary/aromatic N) is 6. The predicted molar refractivity (Wildman–Crippen MR) is 125 cm³/mol. The van der Waals surface area contributed by atoms with E-state index in [0.29, 0.717) is 11.6 Å². The van der Waals surface area contributed by atoms with Gasteiger partial charge in [-0.1, -0.05) is 0 Å². The monoisotopic (exact) mass is 416 g/mol. The van der Waals surface area contributed by atoms with E-state index in [1.807, 2.05) is 37.4 Å². The molecule has 0 aliphatic carbocycles. The van der Waals surface area contributed by atoms with E-state index in [1.165, 1.54) is 25.9 Å². The lowest BCUT2D eigenvalue weighted by Gasteiger charge is -2.12. The van der Waals surface area contributed by atoms with Gasteiger partial charge in [-0.05, 0) is 75.6 Å². The molecule has 0 atom stereocenters. The summed E-state index contributed by atoms with van der Waals surface area (Å²) < 4.78 is 0. The van der Waals surface area contributed by atoms with Crippen molar-refractivity contribution >= 4 is 34.5 Å². The van der Waals surface area contributed by atoms with Crippen molar-refractivity contribution in [2.45, 2.75) is 26.2 Å². The maximum absolute atomic E-state index is 5.87. The lowest BCUT2D eigenvalue weighted by Crippen LogP contribution is -2.20. The Morgan fingerprint density at radius 3 is 2.84 bits per heavy atom. The van der Waals surface area contributed by atoms with Crippen molar-refractivity contribution in [1.29, 1.82) is 0 Å². The number of pyridine rings is 2. The molecule has 1 aliphatic rings. The third kappa shape index (κ3) is 5.61. The number of aryl methyl sites for hydroxylation is 1. The Bertz CT molecular complexity index is 1090. The molecule has 8 heteroatoms. The van der Waals surface area contributed by atoms with Crippen molar-refractivity contribution in [3.8, 4) is 0 Å². The summed E-state index contributed by atoms with van der Waals surface area (Å²) in [5.41, 5.74) is 10.2. The molecule has 1 fully saturated rings. The molecule has 0 saturated carbocycles. The number of nitrogens with two attached hydrogens (primary N) is 1. The highest BCUT2D eigenvalue weighted by Gasteiger charge is 2.10. The number of aromatic nitrogens is 4. The quantitative estimate of drug-likeness (QED) is 0.429. The van der Waals surface area contributed by atoms with E-state index in [0.717, 1.165) is 47.2 Å². The Labute approximate surface area is 182 Å². The molecular weight excluding hydrogens is 388 g/mol. The first-order valence-electron chi connectivity index (χ1n) is 10.7. The minimum atomic E-state index is 0.652. The van der Waals surface area contributed by atoms with Crippen LogP contribution in [0.15, 0.2) is 47.9 Å². The molecule has 3 aromatic heterocycles. The number of rotatable bonds is 8. The zero-order valence-corrected chi connectivity index (χ0v) is 17.8. The summed E-state index contributed by atoms with van der Waals surface area (Å²) in [5, 5.41) is 11.2. The number of fused-ring (bicyclic) bond motifs is 1. The van der Waals surface area contributed by atoms with Crippen molar-refractivity contribution in [2.24, 2.45) is 10.7 Å². The Hall–Kier alpha value is -3.39. The van der Waals surface area contributed by atoms with E-state index in [-0.39, 0.29) is 0 Å². The van der Waals surface area contributed by atoms with Gasteiger partial charge >= 0.3 is 0 Å². The summed E-state index contributed by atoms with van der Waals surface area (Å²) in [6, 6.07) is 7.70. The topological polar surface area (TPSA) is 105 Å². The fourth-order valence-electron chi connectivity index (χ4n) is 3.66. The van der Waals surface area contributed by atoms with Gasteiger partial charge in [-0.3, -0.25) is 9.98 Å². The number of hydrogen-bond donors (Lipinski definition) is 2. The van der Waals surface area contributed by atoms with Crippen LogP contribution in [0, 0.1) is 6.92 Å². The van der Waals surface area contributed by atoms with Crippen LogP contribution in [0.3, 0.4) is 0 Å². The third-order valence-electron chi connectivity index (χ3n) is 5.29. The Balaban J connectivity index is 1.44. The van der Waals surface area contributed by atoms with Gasteiger partial charge in [-0.15, -0.1) is 5.10 Å². The number of anilines is 2. The van der Waals surface area contributed by atoms with Crippen LogP contribution in [-0.4, -0.2) is 57.5 Å². The second kappa shape index (κ2) is 10.1. The van der Waals surface area contributed by atoms with E-state index in [1.54, 1.807) is 18.6 Å². The average molecular weight is 417 g/mol. The molecule has 4 heterocycles. The SMILES string of the molecule is Cc1cnnc(Nc2ccc3ncc(C(C=NCCCN4CCCC4)=CN)cc3n2)c1. The summed E-state index contributed by atoms with van der Waals surface area (Å²) in [5.74, 6) is 1.33. The summed E-state index contributed by atoms with van der Waals surface area (Å²) >= 11 is 0. The van der Waals surface area contributed by atoms with Gasteiger partial charge in [0.05, 0.1) is 17.2 Å². The lowest BCUT2D eigenvalue weighted by atomic mass is 10.1. The maximum atomic E-state index is 5.87. The van der Waals surface area contributed by atoms with Gasteiger partial charge in [-0.25, -0.2) is 4.98 Å². The molecule has 0 amide bonds. The van der Waals surface area contributed by atoms with Gasteiger partial charge < -0.3 is 16.0 Å². The number of aliphatic imine (C=N–C) groups is 1. The molecule has 31 heavy (non-hydrogen) atoms. The Morgan fingerprint density at radius 2 is 2.03 bits per heavy atom. The van der Waals surface area contributed by atoms with Gasteiger partial charge in [0.25, 0.3) is 0 Å². The number of nitrogens with one attached hydrogen (secondary N) is 1. The first-order chi connectivity index (χ1) is 15.2. The zero-order valence-electron chi connectivity index (χ0n) is 17.8. The number of allylic oxidation sites excluding steroid dienone is 1. The van der Waals surface area contributed by atoms with Crippen LogP contribution in [0.5, 0.6) is 0 Å². The van der Waals surface area contributed by atoms with Crippen LogP contribution >= 0.6 is 0 Å². The molecular formula is C23H28N8. The highest BCUT2D eigenvalue weighted by molar-refractivity contribution is 6.10. The number of hydrogen-bond acceptors (Lipinski definition) is 8. The predicted octanol–water partition coefficient (Wildman–Crippen LogP) is 3.33. The van der Waals surface area contributed by atoms with E-state index in [9.17, 15) is 0 Å². The van der Waals surface area contributed by atoms with Gasteiger partial charge in [0.1, 0.15) is 5.82 Å². The molecule has 0 radical (unpaired) electrons. The third-order valence-corrected chi connectivity index (χ3v) is 5.29. The van der Waals surface area contributed by atoms with Gasteiger partial charge in [0, 0.05) is 36.3 Å². The fraction of sp³-hybridized carbons (Fsp3) is 0.348. The molecule has 3 aromatic rings. The molecule has 0 spiro atoms. The van der Waals surface area contributed by atoms with E-state index < -0.39 is 0 Å². The normalized spacial score (nSPS) is 15.2. The van der Waals surface area contributed by atoms with Crippen molar-refractivity contribution in [3.63, 3.8) is 0 Å². The second-order valence-corrected chi connectivity index (χ2v) is 7.76. The molecule has 0 bridgehead atoms. The van der Waals surface area contributed by atoms with Crippen molar-refractivity contribution < 1.29 is 0 Å². The molecule has 1 aliphatic heterocycles. The van der Waals surface area contributed by atoms with E-state index in [2.05, 4.69) is 35.4 Å².